The van der Waals surface area contributed by atoms with E-state index in [1.807, 2.05) is 83.3 Å². The zero-order chi connectivity index (χ0) is 18.2. The SMILES string of the molecule is CC.CC.C\C=C/C=N\C(=C/C)Nc1nc(-c2ccccc2)cs1. The Bertz CT molecular complexity index is 625. The Morgan fingerprint density at radius 2 is 1.75 bits per heavy atom. The summed E-state index contributed by atoms with van der Waals surface area (Å²) in [7, 11) is 0. The molecule has 0 fully saturated rings. The summed E-state index contributed by atoms with van der Waals surface area (Å²) >= 11 is 1.57. The highest BCUT2D eigenvalue weighted by molar-refractivity contribution is 7.14. The van der Waals surface area contributed by atoms with Crippen LogP contribution in [0.4, 0.5) is 5.13 Å². The third kappa shape index (κ3) is 7.88. The van der Waals surface area contributed by atoms with Gasteiger partial charge < -0.3 is 5.32 Å². The van der Waals surface area contributed by atoms with Crippen molar-refractivity contribution >= 4 is 22.7 Å². The highest BCUT2D eigenvalue weighted by Crippen LogP contribution is 2.25. The molecular weight excluding hydrogens is 314 g/mol. The molecule has 0 aliphatic rings. The van der Waals surface area contributed by atoms with Gasteiger partial charge in [-0.2, -0.15) is 0 Å². The zero-order valence-electron chi connectivity index (χ0n) is 15.6. The quantitative estimate of drug-likeness (QED) is 0.607. The van der Waals surface area contributed by atoms with Crippen molar-refractivity contribution in [3.63, 3.8) is 0 Å². The highest BCUT2D eigenvalue weighted by Gasteiger charge is 2.04. The predicted molar refractivity (Wildman–Crippen MR) is 111 cm³/mol. The fourth-order valence-corrected chi connectivity index (χ4v) is 2.30. The van der Waals surface area contributed by atoms with Crippen LogP contribution in [0.15, 0.2) is 64.8 Å². The molecule has 1 heterocycles. The van der Waals surface area contributed by atoms with Crippen LogP contribution in [0.1, 0.15) is 41.5 Å². The highest BCUT2D eigenvalue weighted by atomic mass is 32.1. The van der Waals surface area contributed by atoms with Crippen LogP contribution < -0.4 is 5.32 Å². The van der Waals surface area contributed by atoms with E-state index in [0.717, 1.165) is 22.2 Å². The number of anilines is 1. The minimum atomic E-state index is 0.789. The first-order valence-electron chi connectivity index (χ1n) is 8.43. The summed E-state index contributed by atoms with van der Waals surface area (Å²) < 4.78 is 0. The van der Waals surface area contributed by atoms with Gasteiger partial charge >= 0.3 is 0 Å². The monoisotopic (exact) mass is 343 g/mol. The number of hydrogen-bond acceptors (Lipinski definition) is 4. The third-order valence-electron chi connectivity index (χ3n) is 2.57. The molecule has 0 aliphatic heterocycles. The smallest absolute Gasteiger partial charge is 0.188 e. The van der Waals surface area contributed by atoms with Gasteiger partial charge in [-0.3, -0.25) is 0 Å². The minimum Gasteiger partial charge on any atom is -0.316 e. The minimum absolute atomic E-state index is 0.789. The number of benzene rings is 1. The lowest BCUT2D eigenvalue weighted by Crippen LogP contribution is -1.96. The number of nitrogens with zero attached hydrogens (tertiary/aromatic N) is 2. The topological polar surface area (TPSA) is 37.3 Å². The molecule has 4 heteroatoms. The summed E-state index contributed by atoms with van der Waals surface area (Å²) in [5, 5.41) is 6.10. The Morgan fingerprint density at radius 1 is 1.08 bits per heavy atom. The molecule has 0 radical (unpaired) electrons. The number of allylic oxidation sites excluding steroid dienone is 3. The number of thiazole rings is 1. The van der Waals surface area contributed by atoms with E-state index in [1.165, 1.54) is 0 Å². The average molecular weight is 344 g/mol. The Hall–Kier alpha value is -2.20. The van der Waals surface area contributed by atoms with Crippen LogP contribution in [-0.4, -0.2) is 11.2 Å². The summed E-state index contributed by atoms with van der Waals surface area (Å²) in [5.41, 5.74) is 2.10. The fraction of sp³-hybridized carbons (Fsp3) is 0.300. The second-order valence-corrected chi connectivity index (χ2v) is 4.86. The summed E-state index contributed by atoms with van der Waals surface area (Å²) in [6.45, 7) is 11.9. The van der Waals surface area contributed by atoms with Gasteiger partial charge in [0.1, 0.15) is 5.82 Å². The van der Waals surface area contributed by atoms with E-state index in [9.17, 15) is 0 Å². The number of aliphatic imine (C=N–C) groups is 1. The van der Waals surface area contributed by atoms with Crippen LogP contribution in [0.5, 0.6) is 0 Å². The largest absolute Gasteiger partial charge is 0.316 e. The molecule has 0 saturated carbocycles. The Kier molecular flexibility index (Phi) is 13.1. The summed E-state index contributed by atoms with van der Waals surface area (Å²) in [5.74, 6) is 0.789. The molecule has 2 aromatic rings. The van der Waals surface area contributed by atoms with Gasteiger partial charge in [-0.15, -0.1) is 11.3 Å². The van der Waals surface area contributed by atoms with Crippen molar-refractivity contribution in [2.24, 2.45) is 4.99 Å². The first kappa shape index (κ1) is 21.8. The van der Waals surface area contributed by atoms with Crippen molar-refractivity contribution in [1.29, 1.82) is 0 Å². The van der Waals surface area contributed by atoms with E-state index >= 15 is 0 Å². The van der Waals surface area contributed by atoms with Crippen LogP contribution in [0.25, 0.3) is 11.3 Å². The molecule has 3 nitrogen and oxygen atoms in total. The van der Waals surface area contributed by atoms with E-state index in [0.29, 0.717) is 0 Å². The third-order valence-corrected chi connectivity index (χ3v) is 3.33. The first-order chi connectivity index (χ1) is 11.8. The fourth-order valence-electron chi connectivity index (χ4n) is 1.57. The molecule has 1 aromatic carbocycles. The molecule has 2 rings (SSSR count). The molecule has 0 bridgehead atoms. The normalized spacial score (nSPS) is 10.8. The number of aromatic nitrogens is 1. The van der Waals surface area contributed by atoms with Crippen LogP contribution >= 0.6 is 11.3 Å². The van der Waals surface area contributed by atoms with Crippen molar-refractivity contribution < 1.29 is 0 Å². The molecule has 0 amide bonds. The number of nitrogens with one attached hydrogen (secondary N) is 1. The Labute approximate surface area is 150 Å². The molecule has 0 spiro atoms. The predicted octanol–water partition coefficient (Wildman–Crippen LogP) is 6.78. The molecule has 0 saturated heterocycles. The van der Waals surface area contributed by atoms with E-state index in [-0.39, 0.29) is 0 Å². The van der Waals surface area contributed by atoms with Crippen molar-refractivity contribution in [1.82, 2.24) is 4.98 Å². The van der Waals surface area contributed by atoms with Gasteiger partial charge in [-0.25, -0.2) is 9.98 Å². The van der Waals surface area contributed by atoms with E-state index in [2.05, 4.69) is 27.4 Å². The second kappa shape index (κ2) is 14.4. The summed E-state index contributed by atoms with van der Waals surface area (Å²) in [4.78, 5) is 8.89. The lowest BCUT2D eigenvalue weighted by atomic mass is 10.2. The Balaban J connectivity index is 0.00000123. The molecule has 0 aliphatic carbocycles. The van der Waals surface area contributed by atoms with E-state index in [1.54, 1.807) is 17.6 Å². The van der Waals surface area contributed by atoms with Crippen LogP contribution in [0, 0.1) is 0 Å². The van der Waals surface area contributed by atoms with Crippen LogP contribution in [0.2, 0.25) is 0 Å². The maximum Gasteiger partial charge on any atom is 0.188 e. The lowest BCUT2D eigenvalue weighted by Gasteiger charge is -2.01. The maximum absolute atomic E-state index is 4.57. The van der Waals surface area contributed by atoms with Crippen molar-refractivity contribution in [3.05, 3.63) is 59.8 Å². The van der Waals surface area contributed by atoms with Crippen molar-refractivity contribution in [3.8, 4) is 11.3 Å². The van der Waals surface area contributed by atoms with Crippen molar-refractivity contribution in [2.75, 3.05) is 5.32 Å². The molecule has 0 atom stereocenters. The van der Waals surface area contributed by atoms with Gasteiger partial charge in [-0.1, -0.05) is 64.1 Å². The lowest BCUT2D eigenvalue weighted by molar-refractivity contribution is 1.26. The molecule has 24 heavy (non-hydrogen) atoms. The van der Waals surface area contributed by atoms with Gasteiger partial charge in [-0.05, 0) is 26.0 Å². The molecule has 1 aromatic heterocycles. The van der Waals surface area contributed by atoms with Gasteiger partial charge in [0.25, 0.3) is 0 Å². The standard InChI is InChI=1S/C16H17N3S.2C2H6/c1-3-5-11-17-15(4-2)19-16-18-14(12-20-16)13-9-7-6-8-10-13;2*1-2/h3-12H,1-2H3,(H,18,19);2*1-2H3/b5-3-,15-4+,17-11-;;. The van der Waals surface area contributed by atoms with Crippen LogP contribution in [-0.2, 0) is 0 Å². The van der Waals surface area contributed by atoms with Gasteiger partial charge in [0.2, 0.25) is 0 Å². The number of rotatable bonds is 5. The Morgan fingerprint density at radius 3 is 2.33 bits per heavy atom. The maximum atomic E-state index is 4.57. The van der Waals surface area contributed by atoms with Gasteiger partial charge in [0, 0.05) is 17.2 Å². The summed E-state index contributed by atoms with van der Waals surface area (Å²) in [6.07, 6.45) is 7.51. The first-order valence-corrected chi connectivity index (χ1v) is 9.31. The zero-order valence-corrected chi connectivity index (χ0v) is 16.4. The van der Waals surface area contributed by atoms with E-state index < -0.39 is 0 Å². The van der Waals surface area contributed by atoms with Gasteiger partial charge in [0.15, 0.2) is 5.13 Å². The molecule has 0 unspecified atom stereocenters. The average Bonchev–Trinajstić information content (AvgIpc) is 3.14. The van der Waals surface area contributed by atoms with Gasteiger partial charge in [0.05, 0.1) is 5.69 Å². The summed E-state index contributed by atoms with van der Waals surface area (Å²) in [6, 6.07) is 10.1. The molecule has 1 N–H and O–H groups in total. The number of hydrogen-bond donors (Lipinski definition) is 1. The van der Waals surface area contributed by atoms with Crippen molar-refractivity contribution in [2.45, 2.75) is 41.5 Å². The molecular formula is C20H29N3S. The second-order valence-electron chi connectivity index (χ2n) is 4.01. The van der Waals surface area contributed by atoms with E-state index in [4.69, 9.17) is 0 Å². The molecule has 130 valence electrons. The van der Waals surface area contributed by atoms with Crippen LogP contribution in [0.3, 0.4) is 0 Å².